The summed E-state index contributed by atoms with van der Waals surface area (Å²) in [6.07, 6.45) is 5.72. The van der Waals surface area contributed by atoms with E-state index in [2.05, 4.69) is 46.9 Å². The molecule has 0 atom stereocenters. The Hall–Kier alpha value is -0.0900. The van der Waals surface area contributed by atoms with Crippen molar-refractivity contribution in [2.45, 2.75) is 38.4 Å². The second-order valence-corrected chi connectivity index (χ2v) is 5.09. The molecule has 1 saturated carbocycles. The van der Waals surface area contributed by atoms with Crippen molar-refractivity contribution in [2.24, 2.45) is 0 Å². The molecular weight excluding hydrogens is 287 g/mol. The zero-order valence-corrected chi connectivity index (χ0v) is 10.4. The third-order valence-electron chi connectivity index (χ3n) is 2.70. The molecule has 76 valence electrons. The van der Waals surface area contributed by atoms with Crippen molar-refractivity contribution in [1.29, 1.82) is 0 Å². The van der Waals surface area contributed by atoms with Gasteiger partial charge in [-0.15, -0.1) is 0 Å². The molecule has 0 aromatic heterocycles. The molecule has 0 radical (unpaired) electrons. The molecule has 1 aromatic carbocycles. The van der Waals surface area contributed by atoms with Crippen LogP contribution < -0.4 is 0 Å². The zero-order valence-electron chi connectivity index (χ0n) is 8.21. The molecule has 0 unspecified atom stereocenters. The Bertz CT molecular complexity index is 275. The molecule has 1 aliphatic carbocycles. The van der Waals surface area contributed by atoms with Gasteiger partial charge in [-0.3, -0.25) is 0 Å². The standard InChI is InChI=1S/C12H15IO/c13-11-7-5-10(6-8-11)9-14-12-3-1-2-4-12/h5-8,12H,1-4,9H2. The van der Waals surface area contributed by atoms with E-state index in [1.807, 2.05) is 0 Å². The van der Waals surface area contributed by atoms with Gasteiger partial charge in [-0.05, 0) is 53.1 Å². The summed E-state index contributed by atoms with van der Waals surface area (Å²) in [5.41, 5.74) is 1.29. The Kier molecular flexibility index (Phi) is 3.81. The number of halogens is 1. The Balaban J connectivity index is 1.82. The first-order valence-corrected chi connectivity index (χ1v) is 6.28. The highest BCUT2D eigenvalue weighted by atomic mass is 127. The highest BCUT2D eigenvalue weighted by molar-refractivity contribution is 14.1. The Labute approximate surface area is 99.0 Å². The molecule has 2 rings (SSSR count). The van der Waals surface area contributed by atoms with Crippen LogP contribution in [0.25, 0.3) is 0 Å². The van der Waals surface area contributed by atoms with Gasteiger partial charge >= 0.3 is 0 Å². The van der Waals surface area contributed by atoms with Crippen molar-refractivity contribution in [3.05, 3.63) is 33.4 Å². The van der Waals surface area contributed by atoms with Gasteiger partial charge in [0.25, 0.3) is 0 Å². The van der Waals surface area contributed by atoms with Gasteiger partial charge in [0.1, 0.15) is 0 Å². The van der Waals surface area contributed by atoms with E-state index >= 15 is 0 Å². The van der Waals surface area contributed by atoms with Crippen LogP contribution in [0.4, 0.5) is 0 Å². The van der Waals surface area contributed by atoms with Gasteiger partial charge < -0.3 is 4.74 Å². The van der Waals surface area contributed by atoms with Crippen LogP contribution in [0.5, 0.6) is 0 Å². The topological polar surface area (TPSA) is 9.23 Å². The van der Waals surface area contributed by atoms with Crippen LogP contribution in [-0.4, -0.2) is 6.10 Å². The lowest BCUT2D eigenvalue weighted by molar-refractivity contribution is 0.0457. The number of benzene rings is 1. The normalized spacial score (nSPS) is 17.5. The van der Waals surface area contributed by atoms with E-state index in [-0.39, 0.29) is 0 Å². The second-order valence-electron chi connectivity index (χ2n) is 3.84. The molecule has 0 N–H and O–H groups in total. The van der Waals surface area contributed by atoms with Gasteiger partial charge in [0.15, 0.2) is 0 Å². The van der Waals surface area contributed by atoms with E-state index in [4.69, 9.17) is 4.74 Å². The number of ether oxygens (including phenoxy) is 1. The third kappa shape index (κ3) is 2.95. The molecule has 0 amide bonds. The highest BCUT2D eigenvalue weighted by Gasteiger charge is 2.14. The molecular formula is C12H15IO. The molecule has 0 saturated heterocycles. The molecule has 14 heavy (non-hydrogen) atoms. The number of hydrogen-bond donors (Lipinski definition) is 0. The van der Waals surface area contributed by atoms with Gasteiger partial charge in [-0.25, -0.2) is 0 Å². The van der Waals surface area contributed by atoms with Crippen molar-refractivity contribution >= 4 is 22.6 Å². The van der Waals surface area contributed by atoms with Gasteiger partial charge in [-0.2, -0.15) is 0 Å². The van der Waals surface area contributed by atoms with E-state index in [9.17, 15) is 0 Å². The molecule has 1 fully saturated rings. The maximum Gasteiger partial charge on any atom is 0.0720 e. The Morgan fingerprint density at radius 2 is 1.79 bits per heavy atom. The maximum absolute atomic E-state index is 5.83. The molecule has 2 heteroatoms. The smallest absolute Gasteiger partial charge is 0.0720 e. The number of hydrogen-bond acceptors (Lipinski definition) is 1. The minimum atomic E-state index is 0.522. The summed E-state index contributed by atoms with van der Waals surface area (Å²) in [5, 5.41) is 0. The summed E-state index contributed by atoms with van der Waals surface area (Å²) in [5.74, 6) is 0. The molecule has 0 heterocycles. The van der Waals surface area contributed by atoms with E-state index in [0.717, 1.165) is 6.61 Å². The summed E-state index contributed by atoms with van der Waals surface area (Å²) in [7, 11) is 0. The number of rotatable bonds is 3. The first-order chi connectivity index (χ1) is 6.84. The molecule has 0 aliphatic heterocycles. The highest BCUT2D eigenvalue weighted by Crippen LogP contribution is 2.22. The third-order valence-corrected chi connectivity index (χ3v) is 3.42. The van der Waals surface area contributed by atoms with Crippen LogP contribution in [0.1, 0.15) is 31.2 Å². The van der Waals surface area contributed by atoms with Crippen LogP contribution in [0.2, 0.25) is 0 Å². The van der Waals surface area contributed by atoms with Crippen LogP contribution in [0.3, 0.4) is 0 Å². The first kappa shape index (κ1) is 10.4. The molecule has 1 nitrogen and oxygen atoms in total. The van der Waals surface area contributed by atoms with Crippen molar-refractivity contribution in [2.75, 3.05) is 0 Å². The Morgan fingerprint density at radius 1 is 1.14 bits per heavy atom. The predicted molar refractivity (Wildman–Crippen MR) is 66.2 cm³/mol. The van der Waals surface area contributed by atoms with Crippen molar-refractivity contribution in [1.82, 2.24) is 0 Å². The summed E-state index contributed by atoms with van der Waals surface area (Å²) in [6, 6.07) is 8.56. The summed E-state index contributed by atoms with van der Waals surface area (Å²) in [6.45, 7) is 0.779. The fourth-order valence-electron chi connectivity index (χ4n) is 1.85. The summed E-state index contributed by atoms with van der Waals surface area (Å²) < 4.78 is 7.11. The molecule has 0 bridgehead atoms. The van der Waals surface area contributed by atoms with Gasteiger partial charge in [0, 0.05) is 3.57 Å². The van der Waals surface area contributed by atoms with Crippen LogP contribution >= 0.6 is 22.6 Å². The van der Waals surface area contributed by atoms with Crippen LogP contribution in [-0.2, 0) is 11.3 Å². The Morgan fingerprint density at radius 3 is 2.43 bits per heavy atom. The average Bonchev–Trinajstić information content (AvgIpc) is 2.70. The van der Waals surface area contributed by atoms with E-state index in [1.165, 1.54) is 34.8 Å². The first-order valence-electron chi connectivity index (χ1n) is 5.20. The largest absolute Gasteiger partial charge is 0.374 e. The van der Waals surface area contributed by atoms with Crippen molar-refractivity contribution < 1.29 is 4.74 Å². The van der Waals surface area contributed by atoms with Gasteiger partial charge in [-0.1, -0.05) is 25.0 Å². The minimum absolute atomic E-state index is 0.522. The summed E-state index contributed by atoms with van der Waals surface area (Å²) in [4.78, 5) is 0. The lowest BCUT2D eigenvalue weighted by Gasteiger charge is -2.10. The quantitative estimate of drug-likeness (QED) is 0.773. The molecule has 1 aromatic rings. The second kappa shape index (κ2) is 5.12. The van der Waals surface area contributed by atoms with Crippen molar-refractivity contribution in [3.63, 3.8) is 0 Å². The van der Waals surface area contributed by atoms with Gasteiger partial charge in [0.2, 0.25) is 0 Å². The zero-order chi connectivity index (χ0) is 9.80. The maximum atomic E-state index is 5.83. The molecule has 0 spiro atoms. The monoisotopic (exact) mass is 302 g/mol. The van der Waals surface area contributed by atoms with Gasteiger partial charge in [0.05, 0.1) is 12.7 Å². The average molecular weight is 302 g/mol. The SMILES string of the molecule is Ic1ccc(COC2CCCC2)cc1. The lowest BCUT2D eigenvalue weighted by Crippen LogP contribution is -2.06. The van der Waals surface area contributed by atoms with Crippen LogP contribution in [0.15, 0.2) is 24.3 Å². The fraction of sp³-hybridized carbons (Fsp3) is 0.500. The van der Waals surface area contributed by atoms with E-state index < -0.39 is 0 Å². The summed E-state index contributed by atoms with van der Waals surface area (Å²) >= 11 is 2.32. The van der Waals surface area contributed by atoms with Crippen LogP contribution in [0, 0.1) is 3.57 Å². The lowest BCUT2D eigenvalue weighted by atomic mass is 10.2. The predicted octanol–water partition coefficient (Wildman–Crippen LogP) is 3.75. The van der Waals surface area contributed by atoms with Crippen molar-refractivity contribution in [3.8, 4) is 0 Å². The van der Waals surface area contributed by atoms with E-state index in [1.54, 1.807) is 0 Å². The molecule has 1 aliphatic rings. The van der Waals surface area contributed by atoms with E-state index in [0.29, 0.717) is 6.10 Å². The minimum Gasteiger partial charge on any atom is -0.374 e. The fourth-order valence-corrected chi connectivity index (χ4v) is 2.21.